The van der Waals surface area contributed by atoms with Crippen molar-refractivity contribution in [3.05, 3.63) is 45.1 Å². The van der Waals surface area contributed by atoms with Gasteiger partial charge in [0.1, 0.15) is 11.2 Å². The molecule has 5 heteroatoms. The molecule has 0 saturated heterocycles. The largest absolute Gasteiger partial charge is 0.306 e. The maximum Gasteiger partial charge on any atom is 0.306 e. The van der Waals surface area contributed by atoms with Gasteiger partial charge in [-0.2, -0.15) is 0 Å². The first-order valence-corrected chi connectivity index (χ1v) is 5.73. The molecule has 1 heterocycles. The van der Waals surface area contributed by atoms with Gasteiger partial charge in [0.2, 0.25) is 0 Å². The van der Waals surface area contributed by atoms with Crippen LogP contribution in [-0.2, 0) is 6.42 Å². The van der Waals surface area contributed by atoms with E-state index in [4.69, 9.17) is 11.6 Å². The van der Waals surface area contributed by atoms with Crippen molar-refractivity contribution in [3.8, 4) is 0 Å². The van der Waals surface area contributed by atoms with E-state index in [0.717, 1.165) is 23.9 Å². The van der Waals surface area contributed by atoms with Gasteiger partial charge in [0, 0.05) is 5.39 Å². The third-order valence-corrected chi connectivity index (χ3v) is 3.01. The molecule has 1 aromatic carbocycles. The minimum absolute atomic E-state index is 0.146. The van der Waals surface area contributed by atoms with Crippen LogP contribution in [0.15, 0.2) is 24.4 Å². The van der Waals surface area contributed by atoms with Gasteiger partial charge in [-0.05, 0) is 12.0 Å². The van der Waals surface area contributed by atoms with Gasteiger partial charge in [-0.1, -0.05) is 43.1 Å². The molecule has 0 aliphatic carbocycles. The number of rotatable bonds is 3. The Morgan fingerprint density at radius 2 is 2.24 bits per heavy atom. The number of pyridine rings is 1. The molecule has 4 nitrogen and oxygen atoms in total. The fourth-order valence-corrected chi connectivity index (χ4v) is 2.11. The summed E-state index contributed by atoms with van der Waals surface area (Å²) in [5.41, 5.74) is 1.68. The van der Waals surface area contributed by atoms with Crippen LogP contribution in [0.4, 0.5) is 5.69 Å². The average Bonchev–Trinajstić information content (AvgIpc) is 2.30. The quantitative estimate of drug-likeness (QED) is 0.616. The van der Waals surface area contributed by atoms with E-state index in [1.165, 1.54) is 6.20 Å². The van der Waals surface area contributed by atoms with Crippen LogP contribution in [0.25, 0.3) is 10.9 Å². The second-order valence-electron chi connectivity index (χ2n) is 3.78. The number of para-hydroxylation sites is 1. The molecule has 0 N–H and O–H groups in total. The van der Waals surface area contributed by atoms with Crippen LogP contribution in [0.3, 0.4) is 0 Å². The molecule has 0 saturated carbocycles. The van der Waals surface area contributed by atoms with E-state index in [0.29, 0.717) is 5.39 Å². The second kappa shape index (κ2) is 4.67. The number of aryl methyl sites for hydroxylation is 1. The molecular weight excluding hydrogens is 240 g/mol. The molecule has 0 unspecified atom stereocenters. The Kier molecular flexibility index (Phi) is 3.24. The van der Waals surface area contributed by atoms with Crippen molar-refractivity contribution in [2.75, 3.05) is 0 Å². The summed E-state index contributed by atoms with van der Waals surface area (Å²) in [5, 5.41) is 11.6. The van der Waals surface area contributed by atoms with Crippen molar-refractivity contribution in [1.29, 1.82) is 0 Å². The zero-order valence-corrected chi connectivity index (χ0v) is 10.1. The van der Waals surface area contributed by atoms with Crippen LogP contribution in [0.2, 0.25) is 5.02 Å². The summed E-state index contributed by atoms with van der Waals surface area (Å²) in [5.74, 6) is 0. The van der Waals surface area contributed by atoms with Gasteiger partial charge in [0.05, 0.1) is 10.4 Å². The Bertz CT molecular complexity index is 584. The number of halogens is 1. The van der Waals surface area contributed by atoms with Crippen molar-refractivity contribution in [3.63, 3.8) is 0 Å². The lowest BCUT2D eigenvalue weighted by molar-refractivity contribution is -0.384. The Balaban J connectivity index is 2.71. The molecule has 0 fully saturated rings. The fourth-order valence-electron chi connectivity index (χ4n) is 1.84. The number of fused-ring (bicyclic) bond motifs is 1. The number of hydrogen-bond donors (Lipinski definition) is 0. The number of nitrogens with zero attached hydrogens (tertiary/aromatic N) is 2. The first kappa shape index (κ1) is 11.8. The Morgan fingerprint density at radius 3 is 2.88 bits per heavy atom. The van der Waals surface area contributed by atoms with E-state index in [-0.39, 0.29) is 10.7 Å². The van der Waals surface area contributed by atoms with Crippen molar-refractivity contribution < 1.29 is 4.92 Å². The number of hydrogen-bond acceptors (Lipinski definition) is 3. The van der Waals surface area contributed by atoms with Gasteiger partial charge in [-0.25, -0.2) is 4.98 Å². The minimum Gasteiger partial charge on any atom is -0.258 e. The van der Waals surface area contributed by atoms with Gasteiger partial charge >= 0.3 is 5.69 Å². The molecule has 0 amide bonds. The van der Waals surface area contributed by atoms with E-state index in [2.05, 4.69) is 11.9 Å². The van der Waals surface area contributed by atoms with Crippen LogP contribution in [0.5, 0.6) is 0 Å². The number of nitro groups is 1. The highest BCUT2D eigenvalue weighted by Gasteiger charge is 2.17. The lowest BCUT2D eigenvalue weighted by Crippen LogP contribution is -1.94. The lowest BCUT2D eigenvalue weighted by Gasteiger charge is -2.05. The van der Waals surface area contributed by atoms with Gasteiger partial charge in [-0.3, -0.25) is 10.1 Å². The van der Waals surface area contributed by atoms with E-state index in [1.807, 2.05) is 12.1 Å². The van der Waals surface area contributed by atoms with E-state index < -0.39 is 4.92 Å². The smallest absolute Gasteiger partial charge is 0.258 e. The predicted molar refractivity (Wildman–Crippen MR) is 67.4 cm³/mol. The molecule has 0 aliphatic heterocycles. The van der Waals surface area contributed by atoms with Crippen molar-refractivity contribution >= 4 is 28.2 Å². The highest BCUT2D eigenvalue weighted by molar-refractivity contribution is 6.37. The molecule has 0 spiro atoms. The van der Waals surface area contributed by atoms with Crippen LogP contribution < -0.4 is 0 Å². The molecule has 0 aliphatic rings. The molecule has 2 aromatic rings. The topological polar surface area (TPSA) is 56.0 Å². The normalized spacial score (nSPS) is 10.7. The van der Waals surface area contributed by atoms with Gasteiger partial charge in [0.25, 0.3) is 0 Å². The molecule has 88 valence electrons. The standard InChI is InChI=1S/C12H11ClN2O2/c1-2-4-8-5-3-6-9-11(13)10(15(16)17)7-14-12(8)9/h3,5-7H,2,4H2,1H3. The maximum atomic E-state index is 10.8. The van der Waals surface area contributed by atoms with Gasteiger partial charge in [-0.15, -0.1) is 0 Å². The van der Waals surface area contributed by atoms with Crippen LogP contribution in [0.1, 0.15) is 18.9 Å². The Labute approximate surface area is 103 Å². The first-order chi connectivity index (χ1) is 8.15. The SMILES string of the molecule is CCCc1cccc2c(Cl)c([N+](=O)[O-])cnc12. The zero-order chi connectivity index (χ0) is 12.4. The van der Waals surface area contributed by atoms with Crippen molar-refractivity contribution in [2.45, 2.75) is 19.8 Å². The molecule has 0 radical (unpaired) electrons. The fraction of sp³-hybridized carbons (Fsp3) is 0.250. The summed E-state index contributed by atoms with van der Waals surface area (Å²) < 4.78 is 0. The molecule has 1 aromatic heterocycles. The minimum atomic E-state index is -0.513. The molecule has 17 heavy (non-hydrogen) atoms. The van der Waals surface area contributed by atoms with E-state index in [1.54, 1.807) is 6.07 Å². The zero-order valence-electron chi connectivity index (χ0n) is 9.31. The third-order valence-electron chi connectivity index (χ3n) is 2.61. The van der Waals surface area contributed by atoms with Crippen molar-refractivity contribution in [1.82, 2.24) is 4.98 Å². The van der Waals surface area contributed by atoms with Gasteiger partial charge < -0.3 is 0 Å². The summed E-state index contributed by atoms with van der Waals surface area (Å²) >= 11 is 6.03. The Hall–Kier alpha value is -1.68. The number of aromatic nitrogens is 1. The van der Waals surface area contributed by atoms with Gasteiger partial charge in [0.15, 0.2) is 0 Å². The van der Waals surface area contributed by atoms with Crippen LogP contribution in [-0.4, -0.2) is 9.91 Å². The summed E-state index contributed by atoms with van der Waals surface area (Å²) in [4.78, 5) is 14.4. The monoisotopic (exact) mass is 250 g/mol. The van der Waals surface area contributed by atoms with E-state index >= 15 is 0 Å². The molecule has 0 bridgehead atoms. The second-order valence-corrected chi connectivity index (χ2v) is 4.16. The molecule has 0 atom stereocenters. The molecular formula is C12H11ClN2O2. The third kappa shape index (κ3) is 2.08. The molecule has 2 rings (SSSR count). The van der Waals surface area contributed by atoms with Crippen LogP contribution >= 0.6 is 11.6 Å². The summed E-state index contributed by atoms with van der Waals surface area (Å²) in [7, 11) is 0. The summed E-state index contributed by atoms with van der Waals surface area (Å²) in [6, 6.07) is 5.59. The number of benzene rings is 1. The highest BCUT2D eigenvalue weighted by Crippen LogP contribution is 2.32. The van der Waals surface area contributed by atoms with E-state index in [9.17, 15) is 10.1 Å². The summed E-state index contributed by atoms with van der Waals surface area (Å²) in [6.45, 7) is 2.08. The Morgan fingerprint density at radius 1 is 1.47 bits per heavy atom. The first-order valence-electron chi connectivity index (χ1n) is 5.35. The lowest BCUT2D eigenvalue weighted by atomic mass is 10.1. The van der Waals surface area contributed by atoms with Crippen LogP contribution in [0, 0.1) is 10.1 Å². The van der Waals surface area contributed by atoms with Crippen molar-refractivity contribution in [2.24, 2.45) is 0 Å². The predicted octanol–water partition coefficient (Wildman–Crippen LogP) is 3.75. The maximum absolute atomic E-state index is 10.8. The summed E-state index contributed by atoms with van der Waals surface area (Å²) in [6.07, 6.45) is 3.11. The average molecular weight is 251 g/mol. The highest BCUT2D eigenvalue weighted by atomic mass is 35.5.